The molecule has 21 heavy (non-hydrogen) atoms. The maximum Gasteiger partial charge on any atom is 0.270 e. The number of carbonyl (C=O) groups excluding carboxylic acids is 1. The van der Waals surface area contributed by atoms with Crippen LogP contribution in [-0.4, -0.2) is 38.8 Å². The Bertz CT molecular complexity index is 673. The van der Waals surface area contributed by atoms with Crippen LogP contribution in [0.4, 0.5) is 0 Å². The van der Waals surface area contributed by atoms with Crippen LogP contribution >= 0.6 is 0 Å². The van der Waals surface area contributed by atoms with E-state index in [1.807, 2.05) is 17.0 Å². The number of nitrogens with one attached hydrogen (secondary N) is 1. The van der Waals surface area contributed by atoms with E-state index in [0.717, 1.165) is 25.1 Å². The van der Waals surface area contributed by atoms with Crippen LogP contribution in [0.1, 0.15) is 40.5 Å². The fourth-order valence-electron chi connectivity index (χ4n) is 2.70. The average molecular weight is 281 g/mol. The molecule has 0 bridgehead atoms. The van der Waals surface area contributed by atoms with Gasteiger partial charge in [-0.25, -0.2) is 9.97 Å². The number of hydrogen-bond acceptors (Lipinski definition) is 4. The Morgan fingerprint density at radius 2 is 2.43 bits per heavy atom. The van der Waals surface area contributed by atoms with E-state index in [2.05, 4.69) is 15.0 Å². The molecule has 1 atom stereocenters. The van der Waals surface area contributed by atoms with Gasteiger partial charge >= 0.3 is 0 Å². The number of aromatic amines is 1. The summed E-state index contributed by atoms with van der Waals surface area (Å²) in [5.41, 5.74) is 1.92. The van der Waals surface area contributed by atoms with Gasteiger partial charge in [0.1, 0.15) is 18.1 Å². The van der Waals surface area contributed by atoms with E-state index in [9.17, 15) is 4.79 Å². The molecule has 0 saturated carbocycles. The Kier molecular flexibility index (Phi) is 3.65. The Hall–Kier alpha value is -2.68. The third-order valence-corrected chi connectivity index (χ3v) is 3.77. The SMILES string of the molecule is N#Cc1c[nH]c(C(=O)N2CCCC(c3ccncn3)C2)c1. The van der Waals surface area contributed by atoms with Gasteiger partial charge in [-0.05, 0) is 25.0 Å². The largest absolute Gasteiger partial charge is 0.356 e. The minimum absolute atomic E-state index is 0.0599. The molecule has 0 radical (unpaired) electrons. The summed E-state index contributed by atoms with van der Waals surface area (Å²) in [4.78, 5) is 25.4. The van der Waals surface area contributed by atoms with Gasteiger partial charge in [0.25, 0.3) is 5.91 Å². The third-order valence-electron chi connectivity index (χ3n) is 3.77. The van der Waals surface area contributed by atoms with Crippen LogP contribution in [0.2, 0.25) is 0 Å². The lowest BCUT2D eigenvalue weighted by molar-refractivity contribution is 0.0700. The molecule has 106 valence electrons. The molecular weight excluding hydrogens is 266 g/mol. The van der Waals surface area contributed by atoms with Gasteiger partial charge in [-0.1, -0.05) is 0 Å². The van der Waals surface area contributed by atoms with Gasteiger partial charge in [0.2, 0.25) is 0 Å². The van der Waals surface area contributed by atoms with Crippen molar-refractivity contribution >= 4 is 5.91 Å². The van der Waals surface area contributed by atoms with Crippen molar-refractivity contribution in [2.75, 3.05) is 13.1 Å². The van der Waals surface area contributed by atoms with Crippen molar-refractivity contribution in [1.29, 1.82) is 5.26 Å². The Balaban J connectivity index is 1.74. The van der Waals surface area contributed by atoms with Gasteiger partial charge in [-0.2, -0.15) is 5.26 Å². The van der Waals surface area contributed by atoms with E-state index >= 15 is 0 Å². The standard InChI is InChI=1S/C15H15N5O/c16-7-11-6-14(18-8-11)15(21)20-5-1-2-12(9-20)13-3-4-17-10-19-13/h3-4,6,8,10,12,18H,1-2,5,9H2. The molecule has 1 saturated heterocycles. The summed E-state index contributed by atoms with van der Waals surface area (Å²) in [5, 5.41) is 8.82. The first-order valence-corrected chi connectivity index (χ1v) is 6.91. The van der Waals surface area contributed by atoms with Gasteiger partial charge in [0, 0.05) is 37.1 Å². The fourth-order valence-corrected chi connectivity index (χ4v) is 2.70. The number of nitriles is 1. The molecule has 6 nitrogen and oxygen atoms in total. The van der Waals surface area contributed by atoms with Crippen LogP contribution in [0.5, 0.6) is 0 Å². The number of likely N-dealkylation sites (tertiary alicyclic amines) is 1. The Morgan fingerprint density at radius 3 is 3.14 bits per heavy atom. The molecular formula is C15H15N5O. The van der Waals surface area contributed by atoms with Gasteiger partial charge in [-0.3, -0.25) is 4.79 Å². The van der Waals surface area contributed by atoms with Gasteiger partial charge in [0.05, 0.1) is 5.56 Å². The first-order valence-electron chi connectivity index (χ1n) is 6.91. The molecule has 1 amide bonds. The molecule has 0 aliphatic carbocycles. The molecule has 1 aliphatic rings. The minimum atomic E-state index is -0.0599. The van der Waals surface area contributed by atoms with Crippen LogP contribution in [0.25, 0.3) is 0 Å². The highest BCUT2D eigenvalue weighted by Crippen LogP contribution is 2.26. The summed E-state index contributed by atoms with van der Waals surface area (Å²) >= 11 is 0. The lowest BCUT2D eigenvalue weighted by atomic mass is 9.94. The van der Waals surface area contributed by atoms with Crippen LogP contribution in [0.3, 0.4) is 0 Å². The predicted octanol–water partition coefficient (Wildman–Crippen LogP) is 1.70. The topological polar surface area (TPSA) is 85.7 Å². The van der Waals surface area contributed by atoms with E-state index in [1.165, 1.54) is 0 Å². The zero-order chi connectivity index (χ0) is 14.7. The van der Waals surface area contributed by atoms with E-state index < -0.39 is 0 Å². The van der Waals surface area contributed by atoms with Gasteiger partial charge in [-0.15, -0.1) is 0 Å². The summed E-state index contributed by atoms with van der Waals surface area (Å²) in [6, 6.07) is 5.52. The molecule has 2 aromatic heterocycles. The molecule has 1 aliphatic heterocycles. The van der Waals surface area contributed by atoms with E-state index in [4.69, 9.17) is 5.26 Å². The fraction of sp³-hybridized carbons (Fsp3) is 0.333. The number of piperidine rings is 1. The first-order chi connectivity index (χ1) is 10.3. The van der Waals surface area contributed by atoms with Crippen molar-refractivity contribution in [3.8, 4) is 6.07 Å². The predicted molar refractivity (Wildman–Crippen MR) is 75.4 cm³/mol. The monoisotopic (exact) mass is 281 g/mol. The Labute approximate surface area is 122 Å². The summed E-state index contributed by atoms with van der Waals surface area (Å²) < 4.78 is 0. The number of amides is 1. The maximum absolute atomic E-state index is 12.5. The summed E-state index contributed by atoms with van der Waals surface area (Å²) in [6.07, 6.45) is 6.80. The molecule has 0 aromatic carbocycles. The number of H-pyrrole nitrogens is 1. The molecule has 2 aromatic rings. The lowest BCUT2D eigenvalue weighted by Crippen LogP contribution is -2.39. The van der Waals surface area contributed by atoms with Gasteiger partial charge < -0.3 is 9.88 Å². The normalized spacial score (nSPS) is 18.2. The highest BCUT2D eigenvalue weighted by atomic mass is 16.2. The number of hydrogen-bond donors (Lipinski definition) is 1. The molecule has 3 heterocycles. The molecule has 3 rings (SSSR count). The zero-order valence-corrected chi connectivity index (χ0v) is 11.5. The maximum atomic E-state index is 12.5. The second-order valence-electron chi connectivity index (χ2n) is 5.14. The summed E-state index contributed by atoms with van der Waals surface area (Å²) in [5.74, 6) is 0.186. The van der Waals surface area contributed by atoms with E-state index in [1.54, 1.807) is 24.8 Å². The quantitative estimate of drug-likeness (QED) is 0.907. The van der Waals surface area contributed by atoms with Crippen molar-refractivity contribution in [2.45, 2.75) is 18.8 Å². The second kappa shape index (κ2) is 5.75. The number of carbonyl (C=O) groups is 1. The second-order valence-corrected chi connectivity index (χ2v) is 5.14. The number of aromatic nitrogens is 3. The molecule has 1 fully saturated rings. The first kappa shape index (κ1) is 13.3. The Morgan fingerprint density at radius 1 is 1.52 bits per heavy atom. The highest BCUT2D eigenvalue weighted by Gasteiger charge is 2.26. The van der Waals surface area contributed by atoms with Crippen LogP contribution < -0.4 is 0 Å². The molecule has 1 N–H and O–H groups in total. The van der Waals surface area contributed by atoms with Crippen molar-refractivity contribution in [3.05, 3.63) is 47.8 Å². The summed E-state index contributed by atoms with van der Waals surface area (Å²) in [7, 11) is 0. The minimum Gasteiger partial charge on any atom is -0.356 e. The van der Waals surface area contributed by atoms with Gasteiger partial charge in [0.15, 0.2) is 0 Å². The van der Waals surface area contributed by atoms with E-state index in [-0.39, 0.29) is 11.8 Å². The van der Waals surface area contributed by atoms with Crippen molar-refractivity contribution < 1.29 is 4.79 Å². The summed E-state index contributed by atoms with van der Waals surface area (Å²) in [6.45, 7) is 1.39. The number of nitrogens with zero attached hydrogens (tertiary/aromatic N) is 4. The zero-order valence-electron chi connectivity index (χ0n) is 11.5. The molecule has 6 heteroatoms. The van der Waals surface area contributed by atoms with Crippen LogP contribution in [0.15, 0.2) is 30.9 Å². The molecule has 0 spiro atoms. The highest BCUT2D eigenvalue weighted by molar-refractivity contribution is 5.93. The van der Waals surface area contributed by atoms with Crippen molar-refractivity contribution in [2.24, 2.45) is 0 Å². The van der Waals surface area contributed by atoms with Crippen molar-refractivity contribution in [3.63, 3.8) is 0 Å². The smallest absolute Gasteiger partial charge is 0.270 e. The molecule has 1 unspecified atom stereocenters. The van der Waals surface area contributed by atoms with Crippen LogP contribution in [-0.2, 0) is 0 Å². The van der Waals surface area contributed by atoms with Crippen molar-refractivity contribution in [1.82, 2.24) is 19.9 Å². The van der Waals surface area contributed by atoms with E-state index in [0.29, 0.717) is 17.8 Å². The number of rotatable bonds is 2. The third kappa shape index (κ3) is 2.77. The average Bonchev–Trinajstić information content (AvgIpc) is 3.04. The van der Waals surface area contributed by atoms with Crippen LogP contribution in [0, 0.1) is 11.3 Å². The lowest BCUT2D eigenvalue weighted by Gasteiger charge is -2.32.